The van der Waals surface area contributed by atoms with Gasteiger partial charge in [0.2, 0.25) is 0 Å². The van der Waals surface area contributed by atoms with Gasteiger partial charge >= 0.3 is 6.09 Å². The van der Waals surface area contributed by atoms with Gasteiger partial charge in [-0.25, -0.2) is 9.18 Å². The lowest BCUT2D eigenvalue weighted by Crippen LogP contribution is -2.55. The van der Waals surface area contributed by atoms with E-state index >= 15 is 4.39 Å². The second-order valence-corrected chi connectivity index (χ2v) is 13.9. The first kappa shape index (κ1) is 31.8. The van der Waals surface area contributed by atoms with Crippen molar-refractivity contribution in [3.05, 3.63) is 56.7 Å². The fraction of sp³-hybridized carbons (Fsp3) is 0.471. The van der Waals surface area contributed by atoms with Crippen LogP contribution >= 0.6 is 11.6 Å². The van der Waals surface area contributed by atoms with E-state index in [4.69, 9.17) is 16.3 Å². The monoisotopic (exact) mass is 647 g/mol. The van der Waals surface area contributed by atoms with E-state index in [9.17, 15) is 14.9 Å². The highest BCUT2D eigenvalue weighted by atomic mass is 35.5. The summed E-state index contributed by atoms with van der Waals surface area (Å²) in [5, 5.41) is 18.8. The highest BCUT2D eigenvalue weighted by molar-refractivity contribution is 6.35. The number of aryl methyl sites for hydroxylation is 1. The Hall–Kier alpha value is -4.14. The summed E-state index contributed by atoms with van der Waals surface area (Å²) in [6, 6.07) is 7.30. The topological polar surface area (TPSA) is 110 Å². The molecular formula is C34H39ClFN7O3. The van der Waals surface area contributed by atoms with Crippen LogP contribution in [0.5, 0.6) is 0 Å². The molecule has 2 saturated heterocycles. The molecule has 0 spiro atoms. The number of pyridine rings is 1. The first-order chi connectivity index (χ1) is 21.8. The maximum Gasteiger partial charge on any atom is 0.410 e. The Labute approximate surface area is 272 Å². The SMILES string of the molecule is Cc1ccc2[nH]ncc2c1-c1c(Cl)cc2c(N3CCN(C(=O)OC(C)(C)C)[C@H](C)C3)c(C#N)c(=O)n(C[C@@H]3CCCN3C)c2c1F. The summed E-state index contributed by atoms with van der Waals surface area (Å²) in [7, 11) is 2.00. The molecule has 0 unspecified atom stereocenters. The molecule has 2 aliphatic rings. The molecule has 2 aromatic heterocycles. The molecule has 0 aliphatic carbocycles. The third-order valence-electron chi connectivity index (χ3n) is 9.24. The van der Waals surface area contributed by atoms with Gasteiger partial charge in [0.15, 0.2) is 5.82 Å². The van der Waals surface area contributed by atoms with Crippen LogP contribution in [0.1, 0.15) is 51.7 Å². The zero-order chi connectivity index (χ0) is 33.1. The summed E-state index contributed by atoms with van der Waals surface area (Å²) in [4.78, 5) is 33.0. The van der Waals surface area contributed by atoms with Crippen molar-refractivity contribution in [1.29, 1.82) is 5.26 Å². The number of carbonyl (C=O) groups excluding carboxylic acids is 1. The Kier molecular flexibility index (Phi) is 8.23. The summed E-state index contributed by atoms with van der Waals surface area (Å²) in [6.07, 6.45) is 3.04. The molecular weight excluding hydrogens is 609 g/mol. The van der Waals surface area contributed by atoms with E-state index in [0.29, 0.717) is 41.7 Å². The van der Waals surface area contributed by atoms with Crippen LogP contribution in [0.3, 0.4) is 0 Å². The lowest BCUT2D eigenvalue weighted by Gasteiger charge is -2.41. The number of rotatable bonds is 4. The largest absolute Gasteiger partial charge is 0.444 e. The van der Waals surface area contributed by atoms with Gasteiger partial charge in [0, 0.05) is 60.2 Å². The zero-order valence-corrected chi connectivity index (χ0v) is 27.8. The number of benzene rings is 2. The van der Waals surface area contributed by atoms with E-state index in [1.165, 1.54) is 4.57 Å². The van der Waals surface area contributed by atoms with Crippen LogP contribution in [0.2, 0.25) is 5.02 Å². The molecule has 2 aliphatic heterocycles. The lowest BCUT2D eigenvalue weighted by atomic mass is 9.94. The average Bonchev–Trinajstić information content (AvgIpc) is 3.62. The number of likely N-dealkylation sites (tertiary alicyclic amines) is 1. The minimum absolute atomic E-state index is 0.00765. The van der Waals surface area contributed by atoms with Crippen molar-refractivity contribution in [2.45, 2.75) is 71.7 Å². The highest BCUT2D eigenvalue weighted by Crippen LogP contribution is 2.43. The van der Waals surface area contributed by atoms with E-state index in [1.54, 1.807) is 17.2 Å². The molecule has 12 heteroatoms. The molecule has 1 N–H and O–H groups in total. The van der Waals surface area contributed by atoms with Crippen molar-refractivity contribution in [2.24, 2.45) is 0 Å². The Morgan fingerprint density at radius 3 is 2.63 bits per heavy atom. The molecule has 46 heavy (non-hydrogen) atoms. The first-order valence-electron chi connectivity index (χ1n) is 15.7. The van der Waals surface area contributed by atoms with Crippen molar-refractivity contribution < 1.29 is 13.9 Å². The van der Waals surface area contributed by atoms with E-state index in [0.717, 1.165) is 30.5 Å². The third kappa shape index (κ3) is 5.47. The number of aromatic amines is 1. The van der Waals surface area contributed by atoms with Gasteiger partial charge in [-0.15, -0.1) is 0 Å². The summed E-state index contributed by atoms with van der Waals surface area (Å²) in [6.45, 7) is 11.3. The summed E-state index contributed by atoms with van der Waals surface area (Å²) in [5.41, 5.74) is 1.50. The van der Waals surface area contributed by atoms with Crippen LogP contribution in [0.4, 0.5) is 14.9 Å². The molecule has 242 valence electrons. The fourth-order valence-electron chi connectivity index (χ4n) is 6.99. The molecule has 1 amide bonds. The van der Waals surface area contributed by atoms with Gasteiger partial charge in [-0.1, -0.05) is 17.7 Å². The van der Waals surface area contributed by atoms with E-state index in [1.807, 2.05) is 58.7 Å². The minimum atomic E-state index is -0.652. The van der Waals surface area contributed by atoms with Gasteiger partial charge in [-0.05, 0) is 78.7 Å². The summed E-state index contributed by atoms with van der Waals surface area (Å²) >= 11 is 6.99. The Morgan fingerprint density at radius 2 is 1.98 bits per heavy atom. The number of carbonyl (C=O) groups is 1. The van der Waals surface area contributed by atoms with Crippen molar-refractivity contribution in [1.82, 2.24) is 24.6 Å². The van der Waals surface area contributed by atoms with Gasteiger partial charge in [0.25, 0.3) is 5.56 Å². The number of nitrogens with zero attached hydrogens (tertiary/aromatic N) is 6. The number of anilines is 1. The van der Waals surface area contributed by atoms with Crippen molar-refractivity contribution >= 4 is 45.2 Å². The van der Waals surface area contributed by atoms with Crippen LogP contribution in [0, 0.1) is 24.1 Å². The van der Waals surface area contributed by atoms with Crippen LogP contribution < -0.4 is 10.5 Å². The number of piperazine rings is 1. The van der Waals surface area contributed by atoms with Gasteiger partial charge in [-0.3, -0.25) is 9.89 Å². The second kappa shape index (κ2) is 11.9. The molecule has 4 aromatic rings. The number of aromatic nitrogens is 3. The van der Waals surface area contributed by atoms with Crippen LogP contribution in [0.15, 0.2) is 29.2 Å². The third-order valence-corrected chi connectivity index (χ3v) is 9.54. The smallest absolute Gasteiger partial charge is 0.410 e. The molecule has 2 aromatic carbocycles. The minimum Gasteiger partial charge on any atom is -0.444 e. The number of hydrogen-bond donors (Lipinski definition) is 1. The number of fused-ring (bicyclic) bond motifs is 2. The number of likely N-dealkylation sites (N-methyl/N-ethyl adjacent to an activating group) is 1. The first-order valence-corrected chi connectivity index (χ1v) is 16.0. The standard InChI is InChI=1S/C34H39ClFN7O3/c1-19-9-10-26-24(16-38-39-26)27(19)28-25(35)14-22-30(41-12-13-42(20(2)17-41)33(45)46-34(3,4)5)23(15-37)32(44)43(31(22)29(28)36)18-21-8-7-11-40(21)6/h9-10,14,16,20-21H,7-8,11-13,17-18H2,1-6H3,(H,38,39)/t20-,21+/m1/s1. The number of ether oxygens (including phenoxy) is 1. The summed E-state index contributed by atoms with van der Waals surface area (Å²) < 4.78 is 24.4. The zero-order valence-electron chi connectivity index (χ0n) is 27.1. The maximum atomic E-state index is 17.4. The lowest BCUT2D eigenvalue weighted by molar-refractivity contribution is 0.0159. The predicted octanol–water partition coefficient (Wildman–Crippen LogP) is 6.06. The number of H-pyrrole nitrogens is 1. The van der Waals surface area contributed by atoms with Crippen LogP contribution in [-0.4, -0.2) is 81.6 Å². The Morgan fingerprint density at radius 1 is 1.22 bits per heavy atom. The molecule has 0 radical (unpaired) electrons. The Bertz CT molecular complexity index is 1960. The van der Waals surface area contributed by atoms with Gasteiger partial charge in [0.05, 0.1) is 27.9 Å². The Balaban J connectivity index is 1.57. The quantitative estimate of drug-likeness (QED) is 0.287. The second-order valence-electron chi connectivity index (χ2n) is 13.5. The number of hydrogen-bond acceptors (Lipinski definition) is 7. The fourth-order valence-corrected chi connectivity index (χ4v) is 7.28. The number of halogens is 2. The van der Waals surface area contributed by atoms with Crippen LogP contribution in [0.25, 0.3) is 32.9 Å². The molecule has 2 fully saturated rings. The number of nitrogens with one attached hydrogen (secondary N) is 1. The van der Waals surface area contributed by atoms with E-state index in [2.05, 4.69) is 21.2 Å². The maximum absolute atomic E-state index is 17.4. The van der Waals surface area contributed by atoms with Crippen molar-refractivity contribution in [3.63, 3.8) is 0 Å². The van der Waals surface area contributed by atoms with Crippen LogP contribution in [-0.2, 0) is 11.3 Å². The van der Waals surface area contributed by atoms with Gasteiger partial charge in [-0.2, -0.15) is 10.4 Å². The van der Waals surface area contributed by atoms with Crippen molar-refractivity contribution in [3.8, 4) is 17.2 Å². The summed E-state index contributed by atoms with van der Waals surface area (Å²) in [5.74, 6) is -0.622. The molecule has 10 nitrogen and oxygen atoms in total. The predicted molar refractivity (Wildman–Crippen MR) is 178 cm³/mol. The van der Waals surface area contributed by atoms with Gasteiger partial charge in [0.1, 0.15) is 17.2 Å². The number of nitriles is 1. The molecule has 0 bridgehead atoms. The molecule has 0 saturated carbocycles. The number of amides is 1. The van der Waals surface area contributed by atoms with E-state index < -0.39 is 23.1 Å². The molecule has 4 heterocycles. The average molecular weight is 648 g/mol. The molecule has 6 rings (SSSR count). The molecule has 2 atom stereocenters. The van der Waals surface area contributed by atoms with Crippen molar-refractivity contribution in [2.75, 3.05) is 38.1 Å². The normalized spacial score (nSPS) is 19.3. The van der Waals surface area contributed by atoms with Gasteiger partial charge < -0.3 is 24.0 Å². The van der Waals surface area contributed by atoms with E-state index in [-0.39, 0.29) is 40.3 Å². The highest BCUT2D eigenvalue weighted by Gasteiger charge is 2.35.